The summed E-state index contributed by atoms with van der Waals surface area (Å²) >= 11 is 1.23. The molecule has 1 aromatic heterocycles. The molecule has 0 unspecified atom stereocenters. The first kappa shape index (κ1) is 19.4. The largest absolute Gasteiger partial charge is 0.497 e. The van der Waals surface area contributed by atoms with Gasteiger partial charge in [-0.1, -0.05) is 24.3 Å². The predicted molar refractivity (Wildman–Crippen MR) is 118 cm³/mol. The van der Waals surface area contributed by atoms with Gasteiger partial charge in [0.05, 0.1) is 25.9 Å². The first-order chi connectivity index (χ1) is 14.2. The third-order valence-electron chi connectivity index (χ3n) is 5.03. The van der Waals surface area contributed by atoms with Crippen LogP contribution in [-0.4, -0.2) is 23.0 Å². The molecule has 0 bridgehead atoms. The van der Waals surface area contributed by atoms with Gasteiger partial charge in [0.2, 0.25) is 0 Å². The minimum atomic E-state index is 0.202. The molecule has 0 radical (unpaired) electrons. The van der Waals surface area contributed by atoms with Gasteiger partial charge in [0.25, 0.3) is 0 Å². The summed E-state index contributed by atoms with van der Waals surface area (Å²) in [5.41, 5.74) is 6.33. The Morgan fingerprint density at radius 1 is 0.931 bits per heavy atom. The summed E-state index contributed by atoms with van der Waals surface area (Å²) in [6, 6.07) is 20.8. The van der Waals surface area contributed by atoms with Crippen LogP contribution in [0.5, 0.6) is 11.5 Å². The second kappa shape index (κ2) is 8.59. The lowest BCUT2D eigenvalue weighted by molar-refractivity contribution is 0.413. The van der Waals surface area contributed by atoms with E-state index in [1.807, 2.05) is 24.3 Å². The van der Waals surface area contributed by atoms with Crippen LogP contribution in [0.4, 0.5) is 0 Å². The van der Waals surface area contributed by atoms with Crippen molar-refractivity contribution in [3.05, 3.63) is 71.8 Å². The summed E-state index contributed by atoms with van der Waals surface area (Å²) in [7, 11) is 3.39. The van der Waals surface area contributed by atoms with Gasteiger partial charge >= 0.3 is 0 Å². The molecule has 4 aromatic rings. The fraction of sp³-hybridized carbons (Fsp3) is 0.217. The van der Waals surface area contributed by atoms with Crippen LogP contribution in [0.1, 0.15) is 24.1 Å². The molecule has 3 aromatic carbocycles. The van der Waals surface area contributed by atoms with E-state index in [4.69, 9.17) is 9.47 Å². The average molecular weight is 406 g/mol. The molecule has 1 N–H and O–H groups in total. The van der Waals surface area contributed by atoms with Crippen molar-refractivity contribution in [3.63, 3.8) is 0 Å². The van der Waals surface area contributed by atoms with Gasteiger partial charge in [-0.15, -0.1) is 0 Å². The van der Waals surface area contributed by atoms with E-state index in [-0.39, 0.29) is 6.04 Å². The summed E-state index contributed by atoms with van der Waals surface area (Å²) in [6.07, 6.45) is 0. The van der Waals surface area contributed by atoms with Crippen molar-refractivity contribution in [2.75, 3.05) is 14.2 Å². The third kappa shape index (κ3) is 4.23. The van der Waals surface area contributed by atoms with E-state index in [9.17, 15) is 0 Å². The Morgan fingerprint density at radius 2 is 1.79 bits per heavy atom. The maximum Gasteiger partial charge on any atom is 0.126 e. The molecule has 0 amide bonds. The van der Waals surface area contributed by atoms with Crippen LogP contribution in [0, 0.1) is 0 Å². The summed E-state index contributed by atoms with van der Waals surface area (Å²) < 4.78 is 19.6. The predicted octanol–water partition coefficient (Wildman–Crippen LogP) is 5.23. The van der Waals surface area contributed by atoms with Crippen LogP contribution in [0.15, 0.2) is 60.7 Å². The quantitative estimate of drug-likeness (QED) is 0.456. The molecule has 148 valence electrons. The Kier molecular flexibility index (Phi) is 5.74. The maximum atomic E-state index is 5.60. The first-order valence-corrected chi connectivity index (χ1v) is 10.2. The fourth-order valence-electron chi connectivity index (χ4n) is 3.34. The SMILES string of the molecule is COc1cccc([C@@H](C)NCc2ccc(OC)c(-c3ccc4nsnc4c3)c2)c1. The zero-order chi connectivity index (χ0) is 20.2. The molecule has 5 nitrogen and oxygen atoms in total. The monoisotopic (exact) mass is 405 g/mol. The number of aromatic nitrogens is 2. The standard InChI is InChI=1S/C23H23N3O2S/c1-15(17-5-4-6-19(12-17)27-2)24-14-16-7-10-23(28-3)20(11-16)18-8-9-21-22(13-18)26-29-25-21/h4-13,15,24H,14H2,1-3H3/t15-/m1/s1. The number of nitrogens with zero attached hydrogens (tertiary/aromatic N) is 2. The van der Waals surface area contributed by atoms with E-state index < -0.39 is 0 Å². The molecule has 6 heteroatoms. The highest BCUT2D eigenvalue weighted by Crippen LogP contribution is 2.32. The molecule has 0 saturated heterocycles. The van der Waals surface area contributed by atoms with Gasteiger partial charge in [0, 0.05) is 18.2 Å². The smallest absolute Gasteiger partial charge is 0.126 e. The molecule has 1 heterocycles. The lowest BCUT2D eigenvalue weighted by atomic mass is 10.0. The Labute approximate surface area is 174 Å². The summed E-state index contributed by atoms with van der Waals surface area (Å²) in [4.78, 5) is 0. The minimum absolute atomic E-state index is 0.202. The van der Waals surface area contributed by atoms with Crippen LogP contribution < -0.4 is 14.8 Å². The van der Waals surface area contributed by atoms with E-state index in [0.29, 0.717) is 0 Å². The topological polar surface area (TPSA) is 56.3 Å². The molecular weight excluding hydrogens is 382 g/mol. The number of nitrogens with one attached hydrogen (secondary N) is 1. The lowest BCUT2D eigenvalue weighted by Crippen LogP contribution is -2.18. The zero-order valence-corrected chi connectivity index (χ0v) is 17.5. The van der Waals surface area contributed by atoms with Gasteiger partial charge in [-0.3, -0.25) is 0 Å². The van der Waals surface area contributed by atoms with Crippen molar-refractivity contribution < 1.29 is 9.47 Å². The van der Waals surface area contributed by atoms with Crippen molar-refractivity contribution in [2.45, 2.75) is 19.5 Å². The van der Waals surface area contributed by atoms with Gasteiger partial charge in [0.15, 0.2) is 0 Å². The van der Waals surface area contributed by atoms with Crippen LogP contribution in [0.2, 0.25) is 0 Å². The van der Waals surface area contributed by atoms with Crippen molar-refractivity contribution in [1.29, 1.82) is 0 Å². The Morgan fingerprint density at radius 3 is 2.62 bits per heavy atom. The number of rotatable bonds is 7. The Hall–Kier alpha value is -2.96. The van der Waals surface area contributed by atoms with E-state index >= 15 is 0 Å². The summed E-state index contributed by atoms with van der Waals surface area (Å²) in [6.45, 7) is 2.90. The van der Waals surface area contributed by atoms with Gasteiger partial charge in [-0.05, 0) is 60.0 Å². The molecule has 4 rings (SSSR count). The molecule has 0 fully saturated rings. The van der Waals surface area contributed by atoms with Crippen molar-refractivity contribution in [2.24, 2.45) is 0 Å². The van der Waals surface area contributed by atoms with Crippen LogP contribution in [-0.2, 0) is 6.54 Å². The van der Waals surface area contributed by atoms with Crippen molar-refractivity contribution in [3.8, 4) is 22.6 Å². The second-order valence-corrected chi connectivity index (χ2v) is 7.41. The first-order valence-electron chi connectivity index (χ1n) is 9.45. The second-order valence-electron chi connectivity index (χ2n) is 6.88. The van der Waals surface area contributed by atoms with E-state index in [1.54, 1.807) is 14.2 Å². The van der Waals surface area contributed by atoms with E-state index in [1.165, 1.54) is 22.9 Å². The van der Waals surface area contributed by atoms with Gasteiger partial charge in [0.1, 0.15) is 22.5 Å². The molecule has 1 atom stereocenters. The number of hydrogen-bond acceptors (Lipinski definition) is 6. The lowest BCUT2D eigenvalue weighted by Gasteiger charge is -2.16. The maximum absolute atomic E-state index is 5.60. The van der Waals surface area contributed by atoms with Gasteiger partial charge < -0.3 is 14.8 Å². The third-order valence-corrected chi connectivity index (χ3v) is 5.59. The molecule has 0 aliphatic heterocycles. The summed E-state index contributed by atoms with van der Waals surface area (Å²) in [5.74, 6) is 1.71. The highest BCUT2D eigenvalue weighted by Gasteiger charge is 2.11. The van der Waals surface area contributed by atoms with E-state index in [0.717, 1.165) is 40.2 Å². The van der Waals surface area contributed by atoms with Crippen LogP contribution >= 0.6 is 11.7 Å². The zero-order valence-electron chi connectivity index (χ0n) is 16.7. The number of benzene rings is 3. The molecule has 0 aliphatic rings. The van der Waals surface area contributed by atoms with Gasteiger partial charge in [-0.25, -0.2) is 0 Å². The average Bonchev–Trinajstić information content (AvgIpc) is 3.25. The molecular formula is C23H23N3O2S. The Balaban J connectivity index is 1.56. The minimum Gasteiger partial charge on any atom is -0.497 e. The molecule has 0 aliphatic carbocycles. The van der Waals surface area contributed by atoms with Crippen molar-refractivity contribution >= 4 is 22.8 Å². The highest BCUT2D eigenvalue weighted by molar-refractivity contribution is 7.00. The Bertz CT molecular complexity index is 1130. The number of fused-ring (bicyclic) bond motifs is 1. The number of methoxy groups -OCH3 is 2. The fourth-order valence-corrected chi connectivity index (χ4v) is 3.86. The van der Waals surface area contributed by atoms with Crippen LogP contribution in [0.25, 0.3) is 22.2 Å². The molecule has 29 heavy (non-hydrogen) atoms. The normalized spacial score (nSPS) is 12.1. The van der Waals surface area contributed by atoms with Crippen molar-refractivity contribution in [1.82, 2.24) is 14.1 Å². The van der Waals surface area contributed by atoms with Crippen LogP contribution in [0.3, 0.4) is 0 Å². The molecule has 0 saturated carbocycles. The number of hydrogen-bond donors (Lipinski definition) is 1. The summed E-state index contributed by atoms with van der Waals surface area (Å²) in [5, 5.41) is 3.59. The number of ether oxygens (including phenoxy) is 2. The van der Waals surface area contributed by atoms with E-state index in [2.05, 4.69) is 57.4 Å². The van der Waals surface area contributed by atoms with Gasteiger partial charge in [-0.2, -0.15) is 8.75 Å². The highest BCUT2D eigenvalue weighted by atomic mass is 32.1. The molecule has 0 spiro atoms.